The fourth-order valence-electron chi connectivity index (χ4n) is 3.91. The van der Waals surface area contributed by atoms with Crippen LogP contribution in [0.5, 0.6) is 5.75 Å². The minimum Gasteiger partial charge on any atom is -0.496 e. The van der Waals surface area contributed by atoms with Crippen molar-refractivity contribution in [2.24, 2.45) is 5.92 Å². The number of nitrogens with one attached hydrogen (secondary N) is 1. The molecular weight excluding hydrogens is 467 g/mol. The highest BCUT2D eigenvalue weighted by Gasteiger charge is 2.49. The van der Waals surface area contributed by atoms with Crippen molar-refractivity contribution >= 4 is 23.6 Å². The van der Waals surface area contributed by atoms with Gasteiger partial charge in [0.25, 0.3) is 5.91 Å². The van der Waals surface area contributed by atoms with Crippen molar-refractivity contribution in [3.05, 3.63) is 77.5 Å². The predicted octanol–water partition coefficient (Wildman–Crippen LogP) is 4.65. The minimum atomic E-state index is -4.57. The molecule has 178 valence electrons. The van der Waals surface area contributed by atoms with Gasteiger partial charge in [-0.2, -0.15) is 23.0 Å². The molecule has 0 aliphatic carbocycles. The SMILES string of the molecule is COc1ccccc1C(=O)n1nc(C2CNC(=O)CC2C(F)(F)F)cc1SCc1ccccc1. The lowest BCUT2D eigenvalue weighted by molar-refractivity contribution is -0.188. The summed E-state index contributed by atoms with van der Waals surface area (Å²) in [4.78, 5) is 25.1. The Bertz CT molecular complexity index is 1180. The summed E-state index contributed by atoms with van der Waals surface area (Å²) in [6, 6.07) is 17.6. The first-order chi connectivity index (χ1) is 16.3. The van der Waals surface area contributed by atoms with Gasteiger partial charge in [0.05, 0.1) is 24.3 Å². The summed E-state index contributed by atoms with van der Waals surface area (Å²) in [6.45, 7) is -0.203. The second-order valence-electron chi connectivity index (χ2n) is 7.86. The lowest BCUT2D eigenvalue weighted by Crippen LogP contribution is -2.45. The van der Waals surface area contributed by atoms with E-state index in [4.69, 9.17) is 4.74 Å². The Balaban J connectivity index is 1.73. The van der Waals surface area contributed by atoms with Crippen LogP contribution in [0.1, 0.15) is 34.0 Å². The van der Waals surface area contributed by atoms with E-state index < -0.39 is 36.2 Å². The second-order valence-corrected chi connectivity index (χ2v) is 8.86. The molecule has 4 rings (SSSR count). The van der Waals surface area contributed by atoms with E-state index >= 15 is 0 Å². The molecule has 2 heterocycles. The molecule has 1 aliphatic rings. The van der Waals surface area contributed by atoms with Crippen LogP contribution >= 0.6 is 11.8 Å². The normalized spacial score (nSPS) is 18.4. The molecule has 2 atom stereocenters. The van der Waals surface area contributed by atoms with Gasteiger partial charge in [-0.1, -0.05) is 42.5 Å². The summed E-state index contributed by atoms with van der Waals surface area (Å²) in [7, 11) is 1.43. The first kappa shape index (κ1) is 23.9. The zero-order valence-electron chi connectivity index (χ0n) is 18.2. The van der Waals surface area contributed by atoms with Gasteiger partial charge in [0.2, 0.25) is 5.91 Å². The van der Waals surface area contributed by atoms with Gasteiger partial charge in [-0.3, -0.25) is 9.59 Å². The number of benzene rings is 2. The largest absolute Gasteiger partial charge is 0.496 e. The number of methoxy groups -OCH3 is 1. The summed E-state index contributed by atoms with van der Waals surface area (Å²) in [5.41, 5.74) is 1.34. The summed E-state index contributed by atoms with van der Waals surface area (Å²) >= 11 is 1.30. The van der Waals surface area contributed by atoms with E-state index in [9.17, 15) is 22.8 Å². The quantitative estimate of drug-likeness (QED) is 0.510. The molecule has 0 spiro atoms. The molecule has 1 N–H and O–H groups in total. The van der Waals surface area contributed by atoms with Crippen molar-refractivity contribution < 1.29 is 27.5 Å². The maximum Gasteiger partial charge on any atom is 0.393 e. The van der Waals surface area contributed by atoms with Crippen molar-refractivity contribution in [1.29, 1.82) is 0 Å². The average molecular weight is 490 g/mol. The minimum absolute atomic E-state index is 0.112. The first-order valence-electron chi connectivity index (χ1n) is 10.6. The standard InChI is InChI=1S/C24H22F3N3O3S/c1-33-20-10-6-5-9-16(20)23(32)30-22(34-14-15-7-3-2-4-8-15)12-19(29-30)17-13-28-21(31)11-18(17)24(25,26)27/h2-10,12,17-18H,11,13-14H2,1H3,(H,28,31). The molecule has 0 bridgehead atoms. The maximum atomic E-state index is 13.7. The average Bonchev–Trinajstić information content (AvgIpc) is 3.26. The van der Waals surface area contributed by atoms with Crippen molar-refractivity contribution in [3.8, 4) is 5.75 Å². The van der Waals surface area contributed by atoms with Gasteiger partial charge in [-0.05, 0) is 23.8 Å². The van der Waals surface area contributed by atoms with Gasteiger partial charge in [0, 0.05) is 24.6 Å². The number of carbonyl (C=O) groups excluding carboxylic acids is 2. The van der Waals surface area contributed by atoms with E-state index in [1.165, 1.54) is 24.9 Å². The van der Waals surface area contributed by atoms with Crippen molar-refractivity contribution in [1.82, 2.24) is 15.1 Å². The fourth-order valence-corrected chi connectivity index (χ4v) is 4.87. The van der Waals surface area contributed by atoms with Crippen LogP contribution in [0.15, 0.2) is 65.7 Å². The van der Waals surface area contributed by atoms with Crippen LogP contribution in [0, 0.1) is 5.92 Å². The molecule has 3 aromatic rings. The zero-order valence-corrected chi connectivity index (χ0v) is 19.0. The Labute approximate surface area is 198 Å². The highest BCUT2D eigenvalue weighted by Crippen LogP contribution is 2.42. The number of para-hydroxylation sites is 1. The van der Waals surface area contributed by atoms with Gasteiger partial charge in [-0.15, -0.1) is 11.8 Å². The zero-order chi connectivity index (χ0) is 24.3. The molecule has 0 saturated carbocycles. The van der Waals surface area contributed by atoms with Crippen molar-refractivity contribution in [2.45, 2.75) is 29.3 Å². The van der Waals surface area contributed by atoms with E-state index in [0.717, 1.165) is 10.2 Å². The molecule has 0 radical (unpaired) electrons. The molecule has 1 fully saturated rings. The van der Waals surface area contributed by atoms with E-state index in [-0.39, 0.29) is 17.8 Å². The number of aromatic nitrogens is 2. The maximum absolute atomic E-state index is 13.7. The lowest BCUT2D eigenvalue weighted by Gasteiger charge is -2.31. The summed E-state index contributed by atoms with van der Waals surface area (Å²) in [5, 5.41) is 7.23. The van der Waals surface area contributed by atoms with Crippen LogP contribution in [0.2, 0.25) is 0 Å². The van der Waals surface area contributed by atoms with Gasteiger partial charge in [0.1, 0.15) is 10.8 Å². The second kappa shape index (κ2) is 9.92. The van der Waals surface area contributed by atoms with Gasteiger partial charge < -0.3 is 10.1 Å². The number of rotatable bonds is 6. The summed E-state index contributed by atoms with van der Waals surface area (Å²) < 4.78 is 47.7. The van der Waals surface area contributed by atoms with Crippen LogP contribution in [0.3, 0.4) is 0 Å². The Hall–Kier alpha value is -3.27. The molecule has 34 heavy (non-hydrogen) atoms. The Morgan fingerprint density at radius 2 is 1.88 bits per heavy atom. The van der Waals surface area contributed by atoms with E-state index in [2.05, 4.69) is 10.4 Å². The third kappa shape index (κ3) is 5.11. The highest BCUT2D eigenvalue weighted by atomic mass is 32.2. The molecule has 1 aromatic heterocycles. The van der Waals surface area contributed by atoms with Gasteiger partial charge >= 0.3 is 6.18 Å². The monoisotopic (exact) mass is 489 g/mol. The van der Waals surface area contributed by atoms with E-state index in [1.807, 2.05) is 30.3 Å². The van der Waals surface area contributed by atoms with Crippen LogP contribution in [0.4, 0.5) is 13.2 Å². The number of amides is 1. The number of alkyl halides is 3. The molecule has 1 aliphatic heterocycles. The van der Waals surface area contributed by atoms with Crippen molar-refractivity contribution in [3.63, 3.8) is 0 Å². The van der Waals surface area contributed by atoms with Gasteiger partial charge in [-0.25, -0.2) is 0 Å². The number of hydrogen-bond acceptors (Lipinski definition) is 5. The Morgan fingerprint density at radius 3 is 2.59 bits per heavy atom. The number of ether oxygens (including phenoxy) is 1. The topological polar surface area (TPSA) is 73.2 Å². The summed E-state index contributed by atoms with van der Waals surface area (Å²) in [5.74, 6) is -3.31. The Morgan fingerprint density at radius 1 is 1.18 bits per heavy atom. The van der Waals surface area contributed by atoms with Crippen LogP contribution in [-0.4, -0.2) is 41.4 Å². The number of nitrogens with zero attached hydrogens (tertiary/aromatic N) is 2. The third-order valence-corrected chi connectivity index (χ3v) is 6.73. The predicted molar refractivity (Wildman–Crippen MR) is 121 cm³/mol. The molecule has 2 unspecified atom stereocenters. The third-order valence-electron chi connectivity index (χ3n) is 5.67. The van der Waals surface area contributed by atoms with Gasteiger partial charge in [0.15, 0.2) is 0 Å². The number of hydrogen-bond donors (Lipinski definition) is 1. The van der Waals surface area contributed by atoms with E-state index in [0.29, 0.717) is 16.5 Å². The van der Waals surface area contributed by atoms with E-state index in [1.54, 1.807) is 24.3 Å². The smallest absolute Gasteiger partial charge is 0.393 e. The number of piperidine rings is 1. The molecule has 1 amide bonds. The van der Waals surface area contributed by atoms with Crippen LogP contribution in [-0.2, 0) is 10.5 Å². The summed E-state index contributed by atoms with van der Waals surface area (Å²) in [6.07, 6.45) is -5.25. The molecule has 6 nitrogen and oxygen atoms in total. The Kier molecular flexibility index (Phi) is 6.97. The number of carbonyl (C=O) groups is 2. The number of halogens is 3. The first-order valence-corrected chi connectivity index (χ1v) is 11.5. The highest BCUT2D eigenvalue weighted by molar-refractivity contribution is 7.98. The molecule has 10 heteroatoms. The molecule has 2 aromatic carbocycles. The van der Waals surface area contributed by atoms with Crippen LogP contribution < -0.4 is 10.1 Å². The lowest BCUT2D eigenvalue weighted by atomic mass is 9.83. The molecule has 1 saturated heterocycles. The fraction of sp³-hybridized carbons (Fsp3) is 0.292. The van der Waals surface area contributed by atoms with Crippen LogP contribution in [0.25, 0.3) is 0 Å². The number of thioether (sulfide) groups is 1. The molecular formula is C24H22F3N3O3S. The van der Waals surface area contributed by atoms with Crippen molar-refractivity contribution in [2.75, 3.05) is 13.7 Å².